The summed E-state index contributed by atoms with van der Waals surface area (Å²) in [6, 6.07) is 12.0. The lowest BCUT2D eigenvalue weighted by atomic mass is 9.91. The van der Waals surface area contributed by atoms with Crippen LogP contribution in [-0.2, 0) is 11.2 Å². The second-order valence-corrected chi connectivity index (χ2v) is 5.52. The Morgan fingerprint density at radius 3 is 2.48 bits per heavy atom. The molecule has 0 radical (unpaired) electrons. The van der Waals surface area contributed by atoms with Crippen molar-refractivity contribution < 1.29 is 9.53 Å². The molecular formula is C21H28N2O2. The van der Waals surface area contributed by atoms with Crippen LogP contribution in [-0.4, -0.2) is 13.0 Å². The van der Waals surface area contributed by atoms with Gasteiger partial charge in [0, 0.05) is 0 Å². The predicted octanol–water partition coefficient (Wildman–Crippen LogP) is 4.09. The van der Waals surface area contributed by atoms with E-state index >= 15 is 0 Å². The van der Waals surface area contributed by atoms with Gasteiger partial charge in [-0.2, -0.15) is 0 Å². The van der Waals surface area contributed by atoms with E-state index in [9.17, 15) is 4.79 Å². The molecule has 0 aliphatic carbocycles. The zero-order chi connectivity index (χ0) is 19.0. The minimum atomic E-state index is -0.161. The lowest BCUT2D eigenvalue weighted by Crippen LogP contribution is -2.28. The molecule has 3 N–H and O–H groups in total. The van der Waals surface area contributed by atoms with Gasteiger partial charge in [0.15, 0.2) is 0 Å². The SMILES string of the molecule is C=C(N)NC(=O)Cc1c(C)ccc(-c2cccc(OC)c2)c1C.CC. The lowest BCUT2D eigenvalue weighted by molar-refractivity contribution is -0.119. The van der Waals surface area contributed by atoms with E-state index in [0.717, 1.165) is 33.6 Å². The molecule has 2 aromatic carbocycles. The summed E-state index contributed by atoms with van der Waals surface area (Å²) in [6.45, 7) is 11.5. The first-order valence-corrected chi connectivity index (χ1v) is 8.40. The fourth-order valence-corrected chi connectivity index (χ4v) is 2.65. The van der Waals surface area contributed by atoms with Crippen molar-refractivity contribution in [1.29, 1.82) is 0 Å². The molecule has 0 bridgehead atoms. The Balaban J connectivity index is 0.00000151. The van der Waals surface area contributed by atoms with E-state index in [0.29, 0.717) is 0 Å². The maximum Gasteiger partial charge on any atom is 0.229 e. The highest BCUT2D eigenvalue weighted by Gasteiger charge is 2.13. The van der Waals surface area contributed by atoms with Gasteiger partial charge in [0.05, 0.1) is 19.4 Å². The van der Waals surface area contributed by atoms with Crippen LogP contribution in [0.3, 0.4) is 0 Å². The standard InChI is InChI=1S/C19H22N2O2.C2H6/c1-12-8-9-17(15-6-5-7-16(10-15)23-4)13(2)18(12)11-19(22)21-14(3)20;1-2/h5-10H,3,11,20H2,1-2,4H3,(H,21,22);1-2H3. The minimum Gasteiger partial charge on any atom is -0.497 e. The number of nitrogens with one attached hydrogen (secondary N) is 1. The summed E-state index contributed by atoms with van der Waals surface area (Å²) in [5.74, 6) is 0.807. The summed E-state index contributed by atoms with van der Waals surface area (Å²) in [7, 11) is 1.65. The molecule has 0 saturated heterocycles. The van der Waals surface area contributed by atoms with E-state index in [-0.39, 0.29) is 18.1 Å². The number of carbonyl (C=O) groups excluding carboxylic acids is 1. The Morgan fingerprint density at radius 1 is 1.20 bits per heavy atom. The van der Waals surface area contributed by atoms with Crippen molar-refractivity contribution >= 4 is 5.91 Å². The minimum absolute atomic E-state index is 0.161. The zero-order valence-electron chi connectivity index (χ0n) is 15.8. The summed E-state index contributed by atoms with van der Waals surface area (Å²) in [6.07, 6.45) is 0.270. The van der Waals surface area contributed by atoms with Crippen molar-refractivity contribution in [3.8, 4) is 16.9 Å². The van der Waals surface area contributed by atoms with E-state index in [1.165, 1.54) is 0 Å². The molecule has 0 heterocycles. The Morgan fingerprint density at radius 2 is 1.88 bits per heavy atom. The number of ether oxygens (including phenoxy) is 1. The largest absolute Gasteiger partial charge is 0.497 e. The average molecular weight is 340 g/mol. The summed E-state index contributed by atoms with van der Waals surface area (Å²) < 4.78 is 5.29. The van der Waals surface area contributed by atoms with Crippen LogP contribution in [0.5, 0.6) is 5.75 Å². The molecule has 134 valence electrons. The van der Waals surface area contributed by atoms with Gasteiger partial charge in [0.2, 0.25) is 5.91 Å². The van der Waals surface area contributed by atoms with Crippen LogP contribution >= 0.6 is 0 Å². The fourth-order valence-electron chi connectivity index (χ4n) is 2.65. The quantitative estimate of drug-likeness (QED) is 0.861. The molecule has 4 heteroatoms. The van der Waals surface area contributed by atoms with Gasteiger partial charge in [-0.15, -0.1) is 0 Å². The molecule has 4 nitrogen and oxygen atoms in total. The topological polar surface area (TPSA) is 64.3 Å². The van der Waals surface area contributed by atoms with E-state index in [1.807, 2.05) is 58.0 Å². The van der Waals surface area contributed by atoms with Gasteiger partial charge >= 0.3 is 0 Å². The summed E-state index contributed by atoms with van der Waals surface area (Å²) in [5, 5.41) is 2.55. The van der Waals surface area contributed by atoms with E-state index in [1.54, 1.807) is 7.11 Å². The molecule has 0 atom stereocenters. The van der Waals surface area contributed by atoms with Crippen molar-refractivity contribution in [1.82, 2.24) is 5.32 Å². The maximum absolute atomic E-state index is 12.0. The monoisotopic (exact) mass is 340 g/mol. The Bertz CT molecular complexity index is 752. The molecule has 0 aliphatic heterocycles. The molecule has 2 aromatic rings. The zero-order valence-corrected chi connectivity index (χ0v) is 15.8. The molecule has 0 aliphatic rings. The Kier molecular flexibility index (Phi) is 7.73. The van der Waals surface area contributed by atoms with Gasteiger partial charge < -0.3 is 15.8 Å². The van der Waals surface area contributed by atoms with Crippen LogP contribution in [0, 0.1) is 13.8 Å². The normalized spacial score (nSPS) is 9.64. The lowest BCUT2D eigenvalue weighted by Gasteiger charge is -2.15. The summed E-state index contributed by atoms with van der Waals surface area (Å²) >= 11 is 0. The predicted molar refractivity (Wildman–Crippen MR) is 104 cm³/mol. The first-order valence-electron chi connectivity index (χ1n) is 8.40. The third kappa shape index (κ3) is 5.38. The second kappa shape index (κ2) is 9.52. The Hall–Kier alpha value is -2.75. The van der Waals surface area contributed by atoms with Crippen molar-refractivity contribution in [3.63, 3.8) is 0 Å². The fraction of sp³-hybridized carbons (Fsp3) is 0.286. The highest BCUT2D eigenvalue weighted by atomic mass is 16.5. The number of hydrogen-bond donors (Lipinski definition) is 2. The number of benzene rings is 2. The van der Waals surface area contributed by atoms with Gasteiger partial charge in [-0.1, -0.05) is 44.7 Å². The number of methoxy groups -OCH3 is 1. The number of rotatable bonds is 5. The van der Waals surface area contributed by atoms with Crippen LogP contribution in [0.25, 0.3) is 11.1 Å². The van der Waals surface area contributed by atoms with Gasteiger partial charge in [-0.25, -0.2) is 0 Å². The van der Waals surface area contributed by atoms with Gasteiger partial charge in [-0.05, 0) is 53.8 Å². The van der Waals surface area contributed by atoms with Crippen LogP contribution in [0.1, 0.15) is 30.5 Å². The van der Waals surface area contributed by atoms with Crippen LogP contribution in [0.2, 0.25) is 0 Å². The number of nitrogens with two attached hydrogens (primary N) is 1. The van der Waals surface area contributed by atoms with Crippen LogP contribution in [0.4, 0.5) is 0 Å². The molecule has 25 heavy (non-hydrogen) atoms. The van der Waals surface area contributed by atoms with Crippen molar-refractivity contribution in [2.45, 2.75) is 34.1 Å². The van der Waals surface area contributed by atoms with Crippen LogP contribution < -0.4 is 15.8 Å². The molecule has 0 spiro atoms. The molecule has 2 rings (SSSR count). The second-order valence-electron chi connectivity index (χ2n) is 5.52. The molecule has 0 unspecified atom stereocenters. The molecular weight excluding hydrogens is 312 g/mol. The average Bonchev–Trinajstić information content (AvgIpc) is 2.60. The van der Waals surface area contributed by atoms with Crippen molar-refractivity contribution in [2.75, 3.05) is 7.11 Å². The number of amides is 1. The van der Waals surface area contributed by atoms with Crippen LogP contribution in [0.15, 0.2) is 48.8 Å². The van der Waals surface area contributed by atoms with Gasteiger partial charge in [0.1, 0.15) is 5.75 Å². The van der Waals surface area contributed by atoms with E-state index in [2.05, 4.69) is 18.0 Å². The van der Waals surface area contributed by atoms with E-state index in [4.69, 9.17) is 10.5 Å². The first kappa shape index (κ1) is 20.3. The van der Waals surface area contributed by atoms with E-state index < -0.39 is 0 Å². The summed E-state index contributed by atoms with van der Waals surface area (Å²) in [4.78, 5) is 12.0. The smallest absolute Gasteiger partial charge is 0.229 e. The highest BCUT2D eigenvalue weighted by molar-refractivity contribution is 5.82. The Labute approximate surface area is 150 Å². The highest BCUT2D eigenvalue weighted by Crippen LogP contribution is 2.30. The summed E-state index contributed by atoms with van der Waals surface area (Å²) in [5.41, 5.74) is 10.7. The van der Waals surface area contributed by atoms with Gasteiger partial charge in [-0.3, -0.25) is 4.79 Å². The van der Waals surface area contributed by atoms with Gasteiger partial charge in [0.25, 0.3) is 0 Å². The van der Waals surface area contributed by atoms with Crippen molar-refractivity contribution in [3.05, 3.63) is 65.5 Å². The molecule has 1 amide bonds. The third-order valence-corrected chi connectivity index (χ3v) is 3.85. The molecule has 0 aromatic heterocycles. The number of aryl methyl sites for hydroxylation is 1. The molecule has 0 fully saturated rings. The first-order chi connectivity index (χ1) is 11.9. The third-order valence-electron chi connectivity index (χ3n) is 3.85. The molecule has 0 saturated carbocycles. The number of carbonyl (C=O) groups is 1. The van der Waals surface area contributed by atoms with Crippen molar-refractivity contribution in [2.24, 2.45) is 5.73 Å². The maximum atomic E-state index is 12.0. The number of hydrogen-bond acceptors (Lipinski definition) is 3.